The van der Waals surface area contributed by atoms with Crippen molar-refractivity contribution in [2.75, 3.05) is 6.61 Å². The van der Waals surface area contributed by atoms with Crippen molar-refractivity contribution in [3.05, 3.63) is 60.2 Å². The molecule has 5 heteroatoms. The summed E-state index contributed by atoms with van der Waals surface area (Å²) in [6, 6.07) is 11.7. The molecule has 0 radical (unpaired) electrons. The summed E-state index contributed by atoms with van der Waals surface area (Å²) in [7, 11) is 0. The lowest BCUT2D eigenvalue weighted by atomic mass is 10.0. The van der Waals surface area contributed by atoms with Gasteiger partial charge in [-0.05, 0) is 11.6 Å². The highest BCUT2D eigenvalue weighted by molar-refractivity contribution is 5.84. The molecule has 4 rings (SSSR count). The van der Waals surface area contributed by atoms with Crippen LogP contribution in [0, 0.1) is 12.3 Å². The van der Waals surface area contributed by atoms with E-state index in [9.17, 15) is 0 Å². The highest BCUT2D eigenvalue weighted by Crippen LogP contribution is 2.30. The van der Waals surface area contributed by atoms with E-state index in [0.29, 0.717) is 17.4 Å². The van der Waals surface area contributed by atoms with E-state index in [2.05, 4.69) is 21.2 Å². The number of nitrogens with zero attached hydrogens (tertiary/aromatic N) is 4. The van der Waals surface area contributed by atoms with E-state index >= 15 is 0 Å². The summed E-state index contributed by atoms with van der Waals surface area (Å²) in [5.74, 6) is 3.60. The van der Waals surface area contributed by atoms with Gasteiger partial charge in [0.25, 0.3) is 0 Å². The van der Waals surface area contributed by atoms with Crippen molar-refractivity contribution in [2.45, 2.75) is 0 Å². The molecule has 0 N–H and O–H groups in total. The molecule has 0 fully saturated rings. The van der Waals surface area contributed by atoms with Crippen molar-refractivity contribution in [1.29, 1.82) is 0 Å². The highest BCUT2D eigenvalue weighted by atomic mass is 16.5. The van der Waals surface area contributed by atoms with Gasteiger partial charge in [-0.2, -0.15) is 4.52 Å². The van der Waals surface area contributed by atoms with Gasteiger partial charge in [0, 0.05) is 11.1 Å². The van der Waals surface area contributed by atoms with Crippen LogP contribution in [0.15, 0.2) is 54.6 Å². The summed E-state index contributed by atoms with van der Waals surface area (Å²) in [6.45, 7) is 0.158. The van der Waals surface area contributed by atoms with E-state index < -0.39 is 0 Å². The first kappa shape index (κ1) is 13.3. The van der Waals surface area contributed by atoms with Crippen LogP contribution in [0.25, 0.3) is 22.6 Å². The fourth-order valence-electron chi connectivity index (χ4n) is 2.38. The van der Waals surface area contributed by atoms with Crippen LogP contribution in [-0.2, 0) is 0 Å². The predicted octanol–water partition coefficient (Wildman–Crippen LogP) is 2.76. The number of hydrogen-bond donors (Lipinski definition) is 0. The first-order chi connectivity index (χ1) is 11.4. The Balaban J connectivity index is 1.88. The summed E-state index contributed by atoms with van der Waals surface area (Å²) in [4.78, 5) is 0. The molecule has 1 aromatic carbocycles. The zero-order valence-corrected chi connectivity index (χ0v) is 12.2. The molecule has 2 heterocycles. The number of benzene rings is 1. The van der Waals surface area contributed by atoms with Gasteiger partial charge in [0.15, 0.2) is 18.1 Å². The molecule has 23 heavy (non-hydrogen) atoms. The summed E-state index contributed by atoms with van der Waals surface area (Å²) >= 11 is 0. The lowest BCUT2D eigenvalue weighted by molar-refractivity contribution is 0.348. The summed E-state index contributed by atoms with van der Waals surface area (Å²) < 4.78 is 7.29. The molecule has 5 nitrogen and oxygen atoms in total. The van der Waals surface area contributed by atoms with Crippen LogP contribution in [0.1, 0.15) is 5.56 Å². The minimum atomic E-state index is 0.158. The molecule has 0 amide bonds. The Kier molecular flexibility index (Phi) is 3.13. The molecule has 0 spiro atoms. The van der Waals surface area contributed by atoms with Gasteiger partial charge >= 0.3 is 0 Å². The number of rotatable bonds is 4. The van der Waals surface area contributed by atoms with E-state index in [-0.39, 0.29) is 6.61 Å². The average Bonchev–Trinajstić information content (AvgIpc) is 2.94. The molecule has 0 saturated carbocycles. The van der Waals surface area contributed by atoms with Crippen LogP contribution < -0.4 is 4.74 Å². The van der Waals surface area contributed by atoms with Crippen LogP contribution in [-0.4, -0.2) is 26.4 Å². The Bertz CT molecular complexity index is 977. The summed E-state index contributed by atoms with van der Waals surface area (Å²) in [5.41, 5.74) is 3.50. The smallest absolute Gasteiger partial charge is 0.240 e. The van der Waals surface area contributed by atoms with Gasteiger partial charge in [0.1, 0.15) is 0 Å². The summed E-state index contributed by atoms with van der Waals surface area (Å²) in [5, 5.41) is 13.0. The van der Waals surface area contributed by atoms with Crippen LogP contribution in [0.2, 0.25) is 0 Å². The number of aromatic nitrogens is 4. The van der Waals surface area contributed by atoms with E-state index in [0.717, 1.165) is 16.7 Å². The van der Waals surface area contributed by atoms with Crippen molar-refractivity contribution in [1.82, 2.24) is 19.8 Å². The predicted molar refractivity (Wildman–Crippen MR) is 87.7 cm³/mol. The van der Waals surface area contributed by atoms with E-state index in [1.165, 1.54) is 0 Å². The lowest BCUT2D eigenvalue weighted by Gasteiger charge is -2.12. The first-order valence-corrected chi connectivity index (χ1v) is 7.14. The SMILES string of the molecule is C#CCOc1nn2c(-c3ccccc3)nnc2cc1C1=CC=C1. The van der Waals surface area contributed by atoms with Gasteiger partial charge in [0.05, 0.1) is 0 Å². The van der Waals surface area contributed by atoms with Gasteiger partial charge < -0.3 is 4.74 Å². The van der Waals surface area contributed by atoms with Gasteiger partial charge in [-0.3, -0.25) is 0 Å². The normalized spacial score (nSPS) is 12.6. The Morgan fingerprint density at radius 1 is 1.17 bits per heavy atom. The van der Waals surface area contributed by atoms with E-state index in [4.69, 9.17) is 11.2 Å². The van der Waals surface area contributed by atoms with Crippen molar-refractivity contribution in [3.8, 4) is 29.6 Å². The first-order valence-electron chi connectivity index (χ1n) is 7.14. The van der Waals surface area contributed by atoms with Gasteiger partial charge in [-0.25, -0.2) is 0 Å². The second kappa shape index (κ2) is 5.43. The van der Waals surface area contributed by atoms with Crippen LogP contribution >= 0.6 is 0 Å². The number of hydrogen-bond acceptors (Lipinski definition) is 4. The fraction of sp³-hybridized carbons (Fsp3) is 0.0556. The molecule has 0 bridgehead atoms. The number of fused-ring (bicyclic) bond motifs is 1. The molecule has 110 valence electrons. The molecule has 3 aromatic rings. The zero-order chi connectivity index (χ0) is 15.6. The van der Waals surface area contributed by atoms with Gasteiger partial charge in [-0.15, -0.1) is 21.7 Å². The van der Waals surface area contributed by atoms with Crippen LogP contribution in [0.4, 0.5) is 0 Å². The van der Waals surface area contributed by atoms with Crippen molar-refractivity contribution >= 4 is 11.2 Å². The monoisotopic (exact) mass is 300 g/mol. The molecule has 1 aliphatic carbocycles. The summed E-state index contributed by atoms with van der Waals surface area (Å²) in [6.07, 6.45) is 11.2. The Morgan fingerprint density at radius 2 is 2.00 bits per heavy atom. The van der Waals surface area contributed by atoms with E-state index in [1.54, 1.807) is 4.52 Å². The Labute approximate surface area is 132 Å². The average molecular weight is 300 g/mol. The molecule has 0 unspecified atom stereocenters. The van der Waals surface area contributed by atoms with Crippen molar-refractivity contribution in [3.63, 3.8) is 0 Å². The minimum absolute atomic E-state index is 0.158. The number of terminal acetylenes is 1. The largest absolute Gasteiger partial charge is 0.463 e. The maximum Gasteiger partial charge on any atom is 0.240 e. The zero-order valence-electron chi connectivity index (χ0n) is 12.2. The Morgan fingerprint density at radius 3 is 2.70 bits per heavy atom. The maximum absolute atomic E-state index is 5.61. The van der Waals surface area contributed by atoms with Gasteiger partial charge in [0.2, 0.25) is 5.88 Å². The number of ether oxygens (including phenoxy) is 1. The van der Waals surface area contributed by atoms with Crippen molar-refractivity contribution in [2.24, 2.45) is 0 Å². The highest BCUT2D eigenvalue weighted by Gasteiger charge is 2.17. The molecule has 1 aliphatic rings. The molecular formula is C18H12N4O. The molecule has 0 saturated heterocycles. The second-order valence-corrected chi connectivity index (χ2v) is 5.00. The van der Waals surface area contributed by atoms with Gasteiger partial charge in [-0.1, -0.05) is 54.5 Å². The maximum atomic E-state index is 5.61. The standard InChI is InChI=1S/C18H12N4O/c1-2-11-23-18-15(13-9-6-10-13)12-16-19-20-17(22(16)21-18)14-7-4-3-5-8-14/h1,3-10,12H,11H2. The number of allylic oxidation sites excluding steroid dienone is 4. The third kappa shape index (κ3) is 2.27. The molecular weight excluding hydrogens is 288 g/mol. The second-order valence-electron chi connectivity index (χ2n) is 5.00. The minimum Gasteiger partial charge on any atom is -0.463 e. The van der Waals surface area contributed by atoms with E-state index in [1.807, 2.05) is 54.6 Å². The molecule has 0 atom stereocenters. The van der Waals surface area contributed by atoms with Crippen LogP contribution in [0.5, 0.6) is 5.88 Å². The quantitative estimate of drug-likeness (QED) is 0.695. The molecule has 2 aromatic heterocycles. The third-order valence-electron chi connectivity index (χ3n) is 3.55. The third-order valence-corrected chi connectivity index (χ3v) is 3.55. The van der Waals surface area contributed by atoms with Crippen molar-refractivity contribution < 1.29 is 4.74 Å². The lowest BCUT2D eigenvalue weighted by Crippen LogP contribution is -2.05. The molecule has 0 aliphatic heterocycles. The Hall–Kier alpha value is -3.39. The fourth-order valence-corrected chi connectivity index (χ4v) is 2.38. The van der Waals surface area contributed by atoms with Crippen LogP contribution in [0.3, 0.4) is 0 Å². The topological polar surface area (TPSA) is 52.3 Å².